The van der Waals surface area contributed by atoms with Crippen LogP contribution >= 0.6 is 11.3 Å². The molecule has 0 N–H and O–H groups in total. The van der Waals surface area contributed by atoms with E-state index in [4.69, 9.17) is 14.2 Å². The number of ether oxygens (including phenoxy) is 3. The lowest BCUT2D eigenvalue weighted by Gasteiger charge is -2.25. The predicted molar refractivity (Wildman–Crippen MR) is 150 cm³/mol. The zero-order valence-corrected chi connectivity index (χ0v) is 23.4. The summed E-state index contributed by atoms with van der Waals surface area (Å²) in [5, 5.41) is 0. The molecule has 0 saturated heterocycles. The van der Waals surface area contributed by atoms with Crippen LogP contribution in [-0.2, 0) is 9.53 Å². The molecule has 0 fully saturated rings. The number of benzene rings is 2. The Balaban J connectivity index is 1.88. The van der Waals surface area contributed by atoms with Gasteiger partial charge in [-0.3, -0.25) is 9.36 Å². The molecule has 0 saturated carbocycles. The van der Waals surface area contributed by atoms with Crippen LogP contribution in [0.4, 0.5) is 5.69 Å². The van der Waals surface area contributed by atoms with E-state index in [-0.39, 0.29) is 12.2 Å². The van der Waals surface area contributed by atoms with Crippen molar-refractivity contribution in [1.82, 2.24) is 4.57 Å². The van der Waals surface area contributed by atoms with E-state index < -0.39 is 12.0 Å². The number of allylic oxidation sites excluding steroid dienone is 1. The quantitative estimate of drug-likeness (QED) is 0.389. The number of nitrogens with zero attached hydrogens (tertiary/aromatic N) is 3. The SMILES string of the molecule is CCOC(=O)C1=C(C)N=c2s/c(=C\c3ccc(N(CC)CC)cc3)c(=O)n2[C@H]1c1ccc(OC)c(OC)c1. The molecule has 2 heterocycles. The summed E-state index contributed by atoms with van der Waals surface area (Å²) < 4.78 is 18.4. The molecule has 1 atom stereocenters. The number of hydrogen-bond donors (Lipinski definition) is 0. The topological polar surface area (TPSA) is 82.4 Å². The van der Waals surface area contributed by atoms with Crippen LogP contribution in [0.15, 0.2) is 63.5 Å². The molecule has 200 valence electrons. The van der Waals surface area contributed by atoms with Crippen molar-refractivity contribution < 1.29 is 19.0 Å². The Labute approximate surface area is 226 Å². The minimum atomic E-state index is -0.725. The number of carbonyl (C=O) groups excluding carboxylic acids is 1. The molecule has 9 heteroatoms. The summed E-state index contributed by atoms with van der Waals surface area (Å²) in [6.45, 7) is 9.82. The Morgan fingerprint density at radius 1 is 1.05 bits per heavy atom. The molecule has 1 aliphatic rings. The van der Waals surface area contributed by atoms with E-state index in [0.29, 0.717) is 37.7 Å². The third-order valence-corrected chi connectivity index (χ3v) is 7.54. The number of hydrogen-bond acceptors (Lipinski definition) is 8. The van der Waals surface area contributed by atoms with Gasteiger partial charge < -0.3 is 19.1 Å². The van der Waals surface area contributed by atoms with Gasteiger partial charge in [-0.15, -0.1) is 0 Å². The molecule has 0 aliphatic carbocycles. The van der Waals surface area contributed by atoms with Crippen LogP contribution in [0.2, 0.25) is 0 Å². The lowest BCUT2D eigenvalue weighted by molar-refractivity contribution is -0.139. The van der Waals surface area contributed by atoms with E-state index >= 15 is 0 Å². The minimum Gasteiger partial charge on any atom is -0.493 e. The molecular weight excluding hydrogens is 502 g/mol. The summed E-state index contributed by atoms with van der Waals surface area (Å²) in [5.41, 5.74) is 3.35. The van der Waals surface area contributed by atoms with Gasteiger partial charge in [0, 0.05) is 18.8 Å². The molecule has 2 aromatic carbocycles. The molecule has 3 aromatic rings. The van der Waals surface area contributed by atoms with Crippen molar-refractivity contribution in [3.8, 4) is 11.5 Å². The molecule has 0 radical (unpaired) electrons. The van der Waals surface area contributed by atoms with Gasteiger partial charge in [-0.1, -0.05) is 29.5 Å². The normalized spacial score (nSPS) is 15.1. The third kappa shape index (κ3) is 5.11. The monoisotopic (exact) mass is 535 g/mol. The Morgan fingerprint density at radius 3 is 2.34 bits per heavy atom. The summed E-state index contributed by atoms with van der Waals surface area (Å²) in [6, 6.07) is 12.8. The van der Waals surface area contributed by atoms with Crippen molar-refractivity contribution in [3.05, 3.63) is 84.5 Å². The van der Waals surface area contributed by atoms with Gasteiger partial charge in [0.1, 0.15) is 0 Å². The summed E-state index contributed by atoms with van der Waals surface area (Å²) >= 11 is 1.30. The van der Waals surface area contributed by atoms with Crippen molar-refractivity contribution in [2.24, 2.45) is 4.99 Å². The maximum atomic E-state index is 13.8. The van der Waals surface area contributed by atoms with Crippen LogP contribution in [0, 0.1) is 0 Å². The fourth-order valence-electron chi connectivity index (χ4n) is 4.65. The minimum absolute atomic E-state index is 0.210. The Bertz CT molecular complexity index is 1530. The summed E-state index contributed by atoms with van der Waals surface area (Å²) in [6.07, 6.45) is 1.87. The van der Waals surface area contributed by atoms with Gasteiger partial charge in [-0.05, 0) is 69.2 Å². The molecule has 38 heavy (non-hydrogen) atoms. The van der Waals surface area contributed by atoms with Gasteiger partial charge in [-0.2, -0.15) is 0 Å². The smallest absolute Gasteiger partial charge is 0.338 e. The highest BCUT2D eigenvalue weighted by molar-refractivity contribution is 7.07. The first-order valence-corrected chi connectivity index (χ1v) is 13.4. The highest BCUT2D eigenvalue weighted by atomic mass is 32.1. The number of carbonyl (C=O) groups is 1. The van der Waals surface area contributed by atoms with E-state index in [2.05, 4.69) is 35.9 Å². The Kier molecular flexibility index (Phi) is 8.36. The van der Waals surface area contributed by atoms with Crippen molar-refractivity contribution >= 4 is 29.1 Å². The average molecular weight is 536 g/mol. The van der Waals surface area contributed by atoms with E-state index in [9.17, 15) is 9.59 Å². The number of rotatable bonds is 9. The fourth-order valence-corrected chi connectivity index (χ4v) is 5.70. The predicted octanol–water partition coefficient (Wildman–Crippen LogP) is 3.66. The van der Waals surface area contributed by atoms with E-state index in [1.807, 2.05) is 24.3 Å². The summed E-state index contributed by atoms with van der Waals surface area (Å²) in [4.78, 5) is 34.4. The number of esters is 1. The van der Waals surface area contributed by atoms with Crippen molar-refractivity contribution in [1.29, 1.82) is 0 Å². The maximum absolute atomic E-state index is 13.8. The second kappa shape index (κ2) is 11.7. The number of aromatic nitrogens is 1. The van der Waals surface area contributed by atoms with Gasteiger partial charge in [0.05, 0.1) is 42.7 Å². The first-order chi connectivity index (χ1) is 18.4. The highest BCUT2D eigenvalue weighted by Gasteiger charge is 2.33. The van der Waals surface area contributed by atoms with E-state index in [1.165, 1.54) is 11.3 Å². The van der Waals surface area contributed by atoms with Gasteiger partial charge >= 0.3 is 5.97 Å². The average Bonchev–Trinajstić information content (AvgIpc) is 3.23. The molecule has 4 rings (SSSR count). The second-order valence-electron chi connectivity index (χ2n) is 8.68. The molecule has 0 bridgehead atoms. The first kappa shape index (κ1) is 27.2. The Morgan fingerprint density at radius 2 is 1.74 bits per heavy atom. The largest absolute Gasteiger partial charge is 0.493 e. The molecule has 1 aromatic heterocycles. The molecular formula is C29H33N3O5S. The molecule has 1 aliphatic heterocycles. The Hall–Kier alpha value is -3.85. The lowest BCUT2D eigenvalue weighted by Crippen LogP contribution is -2.40. The molecule has 8 nitrogen and oxygen atoms in total. The number of fused-ring (bicyclic) bond motifs is 1. The number of thiazole rings is 1. The van der Waals surface area contributed by atoms with E-state index in [0.717, 1.165) is 24.3 Å². The highest BCUT2D eigenvalue weighted by Crippen LogP contribution is 2.36. The van der Waals surface area contributed by atoms with Crippen molar-refractivity contribution in [3.63, 3.8) is 0 Å². The van der Waals surface area contributed by atoms with Crippen molar-refractivity contribution in [2.45, 2.75) is 33.7 Å². The molecule has 0 amide bonds. The van der Waals surface area contributed by atoms with Crippen molar-refractivity contribution in [2.75, 3.05) is 38.8 Å². The molecule has 0 unspecified atom stereocenters. The van der Waals surface area contributed by atoms with Crippen LogP contribution in [0.1, 0.15) is 44.9 Å². The lowest BCUT2D eigenvalue weighted by atomic mass is 9.95. The zero-order valence-electron chi connectivity index (χ0n) is 22.6. The van der Waals surface area contributed by atoms with Crippen LogP contribution in [-0.4, -0.2) is 44.5 Å². The third-order valence-electron chi connectivity index (χ3n) is 6.56. The fraction of sp³-hybridized carbons (Fsp3) is 0.345. The summed E-state index contributed by atoms with van der Waals surface area (Å²) in [7, 11) is 3.11. The first-order valence-electron chi connectivity index (χ1n) is 12.6. The standard InChI is InChI=1S/C29H33N3O5S/c1-7-31(8-2)21-13-10-19(11-14-21)16-24-27(33)32-26(20-12-15-22(35-5)23(17-20)36-6)25(28(34)37-9-3)18(4)30-29(32)38-24/h10-17,26H,7-9H2,1-6H3/b24-16-/t26-/m0/s1. The molecule has 0 spiro atoms. The van der Waals surface area contributed by atoms with Crippen LogP contribution in [0.3, 0.4) is 0 Å². The number of methoxy groups -OCH3 is 2. The van der Waals surface area contributed by atoms with Gasteiger partial charge in [-0.25, -0.2) is 9.79 Å². The summed E-state index contributed by atoms with van der Waals surface area (Å²) in [5.74, 6) is 0.545. The van der Waals surface area contributed by atoms with Crippen LogP contribution < -0.4 is 29.3 Å². The van der Waals surface area contributed by atoms with Gasteiger partial charge in [0.2, 0.25) is 0 Å². The van der Waals surface area contributed by atoms with Gasteiger partial charge in [0.15, 0.2) is 16.3 Å². The second-order valence-corrected chi connectivity index (χ2v) is 9.69. The van der Waals surface area contributed by atoms with E-state index in [1.54, 1.807) is 44.8 Å². The van der Waals surface area contributed by atoms with Gasteiger partial charge in [0.25, 0.3) is 5.56 Å². The number of anilines is 1. The maximum Gasteiger partial charge on any atom is 0.338 e. The zero-order chi connectivity index (χ0) is 27.4. The van der Waals surface area contributed by atoms with Crippen LogP contribution in [0.5, 0.6) is 11.5 Å². The van der Waals surface area contributed by atoms with Crippen LogP contribution in [0.25, 0.3) is 6.08 Å².